The first-order valence-electron chi connectivity index (χ1n) is 13.1. The second-order valence-corrected chi connectivity index (χ2v) is 15.1. The van der Waals surface area contributed by atoms with Gasteiger partial charge in [-0.1, -0.05) is 20.8 Å². The molecule has 3 aliphatic rings. The molecule has 1 saturated heterocycles. The number of esters is 1. The molecule has 0 spiro atoms. The van der Waals surface area contributed by atoms with Crippen molar-refractivity contribution in [2.45, 2.75) is 70.9 Å². The van der Waals surface area contributed by atoms with Gasteiger partial charge >= 0.3 is 5.97 Å². The van der Waals surface area contributed by atoms with Gasteiger partial charge in [0.1, 0.15) is 5.00 Å². The van der Waals surface area contributed by atoms with Gasteiger partial charge in [-0.3, -0.25) is 9.59 Å². The van der Waals surface area contributed by atoms with Crippen LogP contribution >= 0.6 is 11.3 Å². The summed E-state index contributed by atoms with van der Waals surface area (Å²) in [4.78, 5) is 40.3. The summed E-state index contributed by atoms with van der Waals surface area (Å²) in [5, 5.41) is 3.18. The molecule has 2 amide bonds. The molecule has 1 aliphatic carbocycles. The SMILES string of the molecule is COC(=O)c1c(NC(=O)c2ccc(S(=O)(=O)N3C[C@@]4(C)C[C@@H]3CC(C)(C)C4)cc2)sc2c1CCN(C(C)=O)C2. The predicted molar refractivity (Wildman–Crippen MR) is 148 cm³/mol. The van der Waals surface area contributed by atoms with Crippen LogP contribution in [-0.4, -0.2) is 61.6 Å². The number of hydrogen-bond donors (Lipinski definition) is 1. The molecule has 2 aliphatic heterocycles. The number of anilines is 1. The van der Waals surface area contributed by atoms with Crippen LogP contribution in [0, 0.1) is 10.8 Å². The number of sulfonamides is 1. The Hall–Kier alpha value is -2.76. The molecule has 39 heavy (non-hydrogen) atoms. The molecule has 210 valence electrons. The maximum Gasteiger partial charge on any atom is 0.341 e. The molecule has 1 N–H and O–H groups in total. The van der Waals surface area contributed by atoms with E-state index < -0.39 is 21.9 Å². The van der Waals surface area contributed by atoms with Gasteiger partial charge in [-0.05, 0) is 66.3 Å². The van der Waals surface area contributed by atoms with Gasteiger partial charge < -0.3 is 15.0 Å². The first kappa shape index (κ1) is 27.8. The van der Waals surface area contributed by atoms with Gasteiger partial charge in [0.05, 0.1) is 24.1 Å². The lowest BCUT2D eigenvalue weighted by Gasteiger charge is -2.39. The van der Waals surface area contributed by atoms with Crippen molar-refractivity contribution in [3.05, 3.63) is 45.8 Å². The van der Waals surface area contributed by atoms with E-state index in [1.807, 2.05) is 0 Å². The highest BCUT2D eigenvalue weighted by Gasteiger charge is 2.53. The molecule has 0 radical (unpaired) electrons. The van der Waals surface area contributed by atoms with Crippen LogP contribution in [0.4, 0.5) is 5.00 Å². The van der Waals surface area contributed by atoms with E-state index >= 15 is 0 Å². The molecule has 2 atom stereocenters. The fourth-order valence-corrected chi connectivity index (χ4v) is 9.88. The van der Waals surface area contributed by atoms with Gasteiger partial charge in [0.15, 0.2) is 0 Å². The van der Waals surface area contributed by atoms with Crippen molar-refractivity contribution in [2.75, 3.05) is 25.5 Å². The summed E-state index contributed by atoms with van der Waals surface area (Å²) in [6.45, 7) is 9.45. The molecule has 0 unspecified atom stereocenters. The van der Waals surface area contributed by atoms with Crippen LogP contribution in [0.5, 0.6) is 0 Å². The lowest BCUT2D eigenvalue weighted by atomic mass is 9.65. The molecule has 1 aromatic carbocycles. The van der Waals surface area contributed by atoms with Crippen molar-refractivity contribution in [2.24, 2.45) is 10.8 Å². The van der Waals surface area contributed by atoms with E-state index in [-0.39, 0.29) is 33.2 Å². The Morgan fingerprint density at radius 1 is 1.10 bits per heavy atom. The molecule has 3 heterocycles. The Balaban J connectivity index is 1.36. The highest BCUT2D eigenvalue weighted by atomic mass is 32.2. The van der Waals surface area contributed by atoms with E-state index in [0.29, 0.717) is 36.6 Å². The normalized spacial score (nSPS) is 24.2. The summed E-state index contributed by atoms with van der Waals surface area (Å²) in [5.74, 6) is -1.06. The monoisotopic (exact) mass is 573 g/mol. The maximum atomic E-state index is 13.6. The van der Waals surface area contributed by atoms with Crippen LogP contribution in [-0.2, 0) is 32.5 Å². The van der Waals surface area contributed by atoms with Crippen LogP contribution in [0.3, 0.4) is 0 Å². The topological polar surface area (TPSA) is 113 Å². The largest absolute Gasteiger partial charge is 0.465 e. The van der Waals surface area contributed by atoms with Crippen molar-refractivity contribution in [3.8, 4) is 0 Å². The van der Waals surface area contributed by atoms with Crippen molar-refractivity contribution >= 4 is 44.1 Å². The fraction of sp³-hybridized carbons (Fsp3) is 0.536. The fourth-order valence-electron chi connectivity index (χ4n) is 6.86. The van der Waals surface area contributed by atoms with Gasteiger partial charge in [0.25, 0.3) is 5.91 Å². The van der Waals surface area contributed by atoms with Gasteiger partial charge in [-0.2, -0.15) is 4.31 Å². The number of nitrogens with one attached hydrogen (secondary N) is 1. The quantitative estimate of drug-likeness (QED) is 0.535. The maximum absolute atomic E-state index is 13.6. The van der Waals surface area contributed by atoms with Crippen LogP contribution in [0.25, 0.3) is 0 Å². The number of rotatable bonds is 5. The Kier molecular flexibility index (Phi) is 6.92. The second kappa shape index (κ2) is 9.71. The number of amides is 2. The van der Waals surface area contributed by atoms with Gasteiger partial charge in [0, 0.05) is 36.5 Å². The number of nitrogens with zero attached hydrogens (tertiary/aromatic N) is 2. The molecule has 5 rings (SSSR count). The molecule has 11 heteroatoms. The summed E-state index contributed by atoms with van der Waals surface area (Å²) in [7, 11) is -2.42. The zero-order valence-corrected chi connectivity index (χ0v) is 24.6. The van der Waals surface area contributed by atoms with Crippen molar-refractivity contribution < 1.29 is 27.5 Å². The number of benzene rings is 1. The number of fused-ring (bicyclic) bond motifs is 3. The minimum atomic E-state index is -3.71. The number of carbonyl (C=O) groups excluding carboxylic acids is 3. The van der Waals surface area contributed by atoms with Gasteiger partial charge in [0.2, 0.25) is 15.9 Å². The number of thiophene rings is 1. The summed E-state index contributed by atoms with van der Waals surface area (Å²) < 4.78 is 33.8. The molecular formula is C28H35N3O6S2. The van der Waals surface area contributed by atoms with Crippen molar-refractivity contribution in [1.82, 2.24) is 9.21 Å². The van der Waals surface area contributed by atoms with Crippen molar-refractivity contribution in [1.29, 1.82) is 0 Å². The Morgan fingerprint density at radius 3 is 2.44 bits per heavy atom. The Morgan fingerprint density at radius 2 is 1.79 bits per heavy atom. The lowest BCUT2D eigenvalue weighted by molar-refractivity contribution is -0.129. The predicted octanol–water partition coefficient (Wildman–Crippen LogP) is 4.28. The standard InChI is InChI=1S/C28H35N3O6S2/c1-17(32)30-11-10-21-22(14-30)38-25(23(21)26(34)37-5)29-24(33)18-6-8-20(9-7-18)39(35,36)31-16-28(4)13-19(31)12-27(2,3)15-28/h6-9,19H,10-16H2,1-5H3,(H,29,33)/t19-,28-/m0/s1. The minimum Gasteiger partial charge on any atom is -0.465 e. The van der Waals surface area contributed by atoms with E-state index in [9.17, 15) is 22.8 Å². The van der Waals surface area contributed by atoms with E-state index in [1.54, 1.807) is 9.21 Å². The summed E-state index contributed by atoms with van der Waals surface area (Å²) in [5.41, 5.74) is 1.43. The Labute approximate surface area is 233 Å². The third kappa shape index (κ3) is 5.12. The van der Waals surface area contributed by atoms with E-state index in [4.69, 9.17) is 4.74 Å². The smallest absolute Gasteiger partial charge is 0.341 e. The van der Waals surface area contributed by atoms with Crippen LogP contribution in [0.2, 0.25) is 0 Å². The van der Waals surface area contributed by atoms with E-state index in [0.717, 1.165) is 29.7 Å². The first-order chi connectivity index (χ1) is 18.2. The molecule has 1 saturated carbocycles. The lowest BCUT2D eigenvalue weighted by Crippen LogP contribution is -2.37. The summed E-state index contributed by atoms with van der Waals surface area (Å²) in [6, 6.07) is 5.93. The van der Waals surface area contributed by atoms with Gasteiger partial charge in [-0.25, -0.2) is 13.2 Å². The van der Waals surface area contributed by atoms with Crippen LogP contribution in [0.15, 0.2) is 29.2 Å². The van der Waals surface area contributed by atoms with E-state index in [2.05, 4.69) is 26.1 Å². The third-order valence-corrected chi connectivity index (χ3v) is 11.3. The molecule has 2 bridgehead atoms. The number of hydrogen-bond acceptors (Lipinski definition) is 7. The molecular weight excluding hydrogens is 538 g/mol. The second-order valence-electron chi connectivity index (χ2n) is 12.1. The van der Waals surface area contributed by atoms with Crippen LogP contribution < -0.4 is 5.32 Å². The summed E-state index contributed by atoms with van der Waals surface area (Å²) >= 11 is 1.25. The Bertz CT molecular complexity index is 1450. The van der Waals surface area contributed by atoms with E-state index in [1.165, 1.54) is 49.6 Å². The molecule has 2 fully saturated rings. The third-order valence-electron chi connectivity index (χ3n) is 8.21. The number of methoxy groups -OCH3 is 1. The zero-order chi connectivity index (χ0) is 28.3. The van der Waals surface area contributed by atoms with Gasteiger partial charge in [-0.15, -0.1) is 11.3 Å². The van der Waals surface area contributed by atoms with Crippen LogP contribution in [0.1, 0.15) is 78.1 Å². The summed E-state index contributed by atoms with van der Waals surface area (Å²) in [6.07, 6.45) is 3.19. The number of carbonyl (C=O) groups is 3. The molecule has 2 aromatic rings. The first-order valence-corrected chi connectivity index (χ1v) is 15.4. The number of ether oxygens (including phenoxy) is 1. The average molecular weight is 574 g/mol. The molecule has 9 nitrogen and oxygen atoms in total. The zero-order valence-electron chi connectivity index (χ0n) is 23.0. The highest BCUT2D eigenvalue weighted by molar-refractivity contribution is 7.89. The molecule has 1 aromatic heterocycles. The van der Waals surface area contributed by atoms with Crippen molar-refractivity contribution in [3.63, 3.8) is 0 Å². The minimum absolute atomic E-state index is 0.0211. The highest BCUT2D eigenvalue weighted by Crippen LogP contribution is 2.53. The average Bonchev–Trinajstić information content (AvgIpc) is 3.35.